The van der Waals surface area contributed by atoms with Crippen LogP contribution in [0, 0.1) is 6.92 Å². The molecule has 0 amide bonds. The summed E-state index contributed by atoms with van der Waals surface area (Å²) in [6, 6.07) is 1.82. The second kappa shape index (κ2) is 4.27. The summed E-state index contributed by atoms with van der Waals surface area (Å²) in [4.78, 5) is 4.27. The van der Waals surface area contributed by atoms with Crippen LogP contribution in [0.5, 0.6) is 0 Å². The fraction of sp³-hybridized carbons (Fsp3) is 0.400. The minimum atomic E-state index is 0.521. The van der Waals surface area contributed by atoms with Crippen molar-refractivity contribution in [2.75, 3.05) is 13.6 Å². The number of likely N-dealkylation sites (N-methyl/N-ethyl adjacent to an activating group) is 1. The zero-order valence-corrected chi connectivity index (χ0v) is 8.78. The Morgan fingerprint density at radius 3 is 3.00 bits per heavy atom. The zero-order valence-electron chi connectivity index (χ0n) is 8.78. The Kier molecular flexibility index (Phi) is 2.82. The lowest BCUT2D eigenvalue weighted by Gasteiger charge is -1.90. The van der Waals surface area contributed by atoms with Gasteiger partial charge in [-0.05, 0) is 20.0 Å². The molecule has 2 aromatic rings. The lowest BCUT2D eigenvalue weighted by Crippen LogP contribution is -2.10. The monoisotopic (exact) mass is 207 g/mol. The molecule has 2 aromatic heterocycles. The highest BCUT2D eigenvalue weighted by Gasteiger charge is 2.12. The standard InChI is InChI=1S/C10H13N3O2/c1-7-8(4-6-14-7)10-12-9(13-15-10)3-5-11-2/h4,6,11H,3,5H2,1-2H3. The van der Waals surface area contributed by atoms with Crippen molar-refractivity contribution in [3.05, 3.63) is 23.9 Å². The Hall–Kier alpha value is -1.62. The van der Waals surface area contributed by atoms with Gasteiger partial charge in [-0.25, -0.2) is 0 Å². The first-order valence-corrected chi connectivity index (χ1v) is 4.83. The molecule has 0 unspecified atom stereocenters. The predicted octanol–water partition coefficient (Wildman–Crippen LogP) is 1.40. The van der Waals surface area contributed by atoms with E-state index in [9.17, 15) is 0 Å². The van der Waals surface area contributed by atoms with Crippen LogP contribution in [0.15, 0.2) is 21.3 Å². The van der Waals surface area contributed by atoms with Gasteiger partial charge in [0.2, 0.25) is 0 Å². The van der Waals surface area contributed by atoms with Crippen LogP contribution in [-0.4, -0.2) is 23.7 Å². The van der Waals surface area contributed by atoms with Crippen molar-refractivity contribution in [2.24, 2.45) is 0 Å². The van der Waals surface area contributed by atoms with Crippen molar-refractivity contribution in [3.8, 4) is 11.5 Å². The van der Waals surface area contributed by atoms with Crippen LogP contribution in [0.3, 0.4) is 0 Å². The quantitative estimate of drug-likeness (QED) is 0.821. The highest BCUT2D eigenvalue weighted by Crippen LogP contribution is 2.22. The Balaban J connectivity index is 2.17. The van der Waals surface area contributed by atoms with Gasteiger partial charge in [-0.2, -0.15) is 4.98 Å². The van der Waals surface area contributed by atoms with E-state index in [2.05, 4.69) is 15.5 Å². The van der Waals surface area contributed by atoms with Crippen LogP contribution in [-0.2, 0) is 6.42 Å². The molecule has 0 spiro atoms. The van der Waals surface area contributed by atoms with Gasteiger partial charge in [0, 0.05) is 13.0 Å². The molecule has 1 N–H and O–H groups in total. The van der Waals surface area contributed by atoms with Crippen LogP contribution < -0.4 is 5.32 Å². The molecular weight excluding hydrogens is 194 g/mol. The molecule has 0 aliphatic rings. The summed E-state index contributed by atoms with van der Waals surface area (Å²) in [7, 11) is 1.89. The maximum absolute atomic E-state index is 5.17. The minimum Gasteiger partial charge on any atom is -0.469 e. The Morgan fingerprint density at radius 1 is 1.47 bits per heavy atom. The summed E-state index contributed by atoms with van der Waals surface area (Å²) >= 11 is 0. The van der Waals surface area contributed by atoms with Gasteiger partial charge in [0.1, 0.15) is 5.76 Å². The highest BCUT2D eigenvalue weighted by atomic mass is 16.5. The summed E-state index contributed by atoms with van der Waals surface area (Å²) < 4.78 is 10.3. The average molecular weight is 207 g/mol. The molecule has 80 valence electrons. The van der Waals surface area contributed by atoms with E-state index in [0.29, 0.717) is 11.7 Å². The summed E-state index contributed by atoms with van der Waals surface area (Å²) in [6.45, 7) is 2.70. The van der Waals surface area contributed by atoms with Crippen LogP contribution in [0.25, 0.3) is 11.5 Å². The molecule has 0 bridgehead atoms. The molecule has 2 heterocycles. The van der Waals surface area contributed by atoms with Gasteiger partial charge in [-0.15, -0.1) is 0 Å². The van der Waals surface area contributed by atoms with Crippen molar-refractivity contribution in [3.63, 3.8) is 0 Å². The van der Waals surface area contributed by atoms with Crippen LogP contribution in [0.2, 0.25) is 0 Å². The van der Waals surface area contributed by atoms with Crippen molar-refractivity contribution in [1.82, 2.24) is 15.5 Å². The van der Waals surface area contributed by atoms with Gasteiger partial charge in [0.15, 0.2) is 5.82 Å². The lowest BCUT2D eigenvalue weighted by molar-refractivity contribution is 0.420. The van der Waals surface area contributed by atoms with Gasteiger partial charge < -0.3 is 14.3 Å². The summed E-state index contributed by atoms with van der Waals surface area (Å²) in [5.41, 5.74) is 0.859. The molecule has 0 radical (unpaired) electrons. The van der Waals surface area contributed by atoms with E-state index in [-0.39, 0.29) is 0 Å². The summed E-state index contributed by atoms with van der Waals surface area (Å²) in [5.74, 6) is 2.02. The smallest absolute Gasteiger partial charge is 0.261 e. The second-order valence-corrected chi connectivity index (χ2v) is 3.26. The maximum atomic E-state index is 5.17. The lowest BCUT2D eigenvalue weighted by atomic mass is 10.2. The summed E-state index contributed by atoms with van der Waals surface area (Å²) in [6.07, 6.45) is 2.37. The number of aromatic nitrogens is 2. The summed E-state index contributed by atoms with van der Waals surface area (Å²) in [5, 5.41) is 6.91. The first-order valence-electron chi connectivity index (χ1n) is 4.83. The number of hydrogen-bond acceptors (Lipinski definition) is 5. The van der Waals surface area contributed by atoms with Crippen molar-refractivity contribution in [2.45, 2.75) is 13.3 Å². The van der Waals surface area contributed by atoms with E-state index in [1.54, 1.807) is 6.26 Å². The van der Waals surface area contributed by atoms with Crippen LogP contribution in [0.4, 0.5) is 0 Å². The van der Waals surface area contributed by atoms with E-state index >= 15 is 0 Å². The van der Waals surface area contributed by atoms with Crippen molar-refractivity contribution < 1.29 is 8.94 Å². The molecule has 0 saturated carbocycles. The Labute approximate surface area is 87.5 Å². The number of rotatable bonds is 4. The van der Waals surface area contributed by atoms with Crippen LogP contribution in [0.1, 0.15) is 11.6 Å². The molecule has 15 heavy (non-hydrogen) atoms. The van der Waals surface area contributed by atoms with Crippen molar-refractivity contribution >= 4 is 0 Å². The first kappa shape index (κ1) is 9.92. The van der Waals surface area contributed by atoms with Crippen LogP contribution >= 0.6 is 0 Å². The minimum absolute atomic E-state index is 0.521. The molecule has 0 aromatic carbocycles. The predicted molar refractivity (Wildman–Crippen MR) is 54.4 cm³/mol. The SMILES string of the molecule is CNCCc1noc(-c2ccoc2C)n1. The molecule has 5 nitrogen and oxygen atoms in total. The van der Waals surface area contributed by atoms with E-state index in [1.807, 2.05) is 20.0 Å². The molecule has 0 atom stereocenters. The Bertz CT molecular complexity index is 433. The average Bonchev–Trinajstić information content (AvgIpc) is 2.83. The maximum Gasteiger partial charge on any atom is 0.261 e. The van der Waals surface area contributed by atoms with Gasteiger partial charge in [-0.1, -0.05) is 5.16 Å². The number of hydrogen-bond donors (Lipinski definition) is 1. The first-order chi connectivity index (χ1) is 7.31. The molecular formula is C10H13N3O2. The third-order valence-corrected chi connectivity index (χ3v) is 2.16. The van der Waals surface area contributed by atoms with Gasteiger partial charge >= 0.3 is 0 Å². The topological polar surface area (TPSA) is 64.1 Å². The highest BCUT2D eigenvalue weighted by molar-refractivity contribution is 5.54. The number of nitrogens with one attached hydrogen (secondary N) is 1. The van der Waals surface area contributed by atoms with Gasteiger partial charge in [0.25, 0.3) is 5.89 Å². The van der Waals surface area contributed by atoms with Gasteiger partial charge in [-0.3, -0.25) is 0 Å². The van der Waals surface area contributed by atoms with E-state index in [0.717, 1.165) is 24.3 Å². The molecule has 0 aliphatic heterocycles. The third kappa shape index (κ3) is 2.07. The second-order valence-electron chi connectivity index (χ2n) is 3.26. The Morgan fingerprint density at radius 2 is 2.33 bits per heavy atom. The number of aryl methyl sites for hydroxylation is 1. The van der Waals surface area contributed by atoms with Crippen molar-refractivity contribution in [1.29, 1.82) is 0 Å². The molecule has 5 heteroatoms. The molecule has 0 fully saturated rings. The molecule has 0 aliphatic carbocycles. The molecule has 0 saturated heterocycles. The fourth-order valence-corrected chi connectivity index (χ4v) is 1.31. The molecule has 2 rings (SSSR count). The normalized spacial score (nSPS) is 10.8. The van der Waals surface area contributed by atoms with E-state index in [4.69, 9.17) is 8.94 Å². The third-order valence-electron chi connectivity index (χ3n) is 2.16. The fourth-order valence-electron chi connectivity index (χ4n) is 1.31. The van der Waals surface area contributed by atoms with Gasteiger partial charge in [0.05, 0.1) is 11.8 Å². The van der Waals surface area contributed by atoms with E-state index < -0.39 is 0 Å². The zero-order chi connectivity index (χ0) is 10.7. The largest absolute Gasteiger partial charge is 0.469 e. The number of furan rings is 1. The van der Waals surface area contributed by atoms with E-state index in [1.165, 1.54) is 0 Å². The number of nitrogens with zero attached hydrogens (tertiary/aromatic N) is 2.